The van der Waals surface area contributed by atoms with Crippen LogP contribution in [0.3, 0.4) is 0 Å². The average molecular weight is 378 g/mol. The van der Waals surface area contributed by atoms with Crippen molar-refractivity contribution in [1.82, 2.24) is 9.97 Å². The summed E-state index contributed by atoms with van der Waals surface area (Å²) in [4.78, 5) is 21.2. The van der Waals surface area contributed by atoms with Gasteiger partial charge in [-0.1, -0.05) is 12.1 Å². The van der Waals surface area contributed by atoms with E-state index in [-0.39, 0.29) is 5.91 Å². The zero-order chi connectivity index (χ0) is 19.8. The van der Waals surface area contributed by atoms with E-state index in [1.165, 1.54) is 0 Å². The molecule has 0 unspecified atom stereocenters. The summed E-state index contributed by atoms with van der Waals surface area (Å²) in [6, 6.07) is 12.9. The number of aromatic nitrogens is 2. The van der Waals surface area contributed by atoms with E-state index in [0.29, 0.717) is 36.0 Å². The Morgan fingerprint density at radius 2 is 1.96 bits per heavy atom. The molecule has 0 saturated heterocycles. The number of nitrogens with one attached hydrogen (secondary N) is 2. The van der Waals surface area contributed by atoms with Gasteiger partial charge >= 0.3 is 0 Å². The van der Waals surface area contributed by atoms with Crippen LogP contribution in [0.15, 0.2) is 61.1 Å². The van der Waals surface area contributed by atoms with Crippen molar-refractivity contribution in [2.45, 2.75) is 13.2 Å². The van der Waals surface area contributed by atoms with Crippen molar-refractivity contribution in [3.8, 4) is 5.75 Å². The Morgan fingerprint density at radius 3 is 2.79 bits per heavy atom. The third-order valence-electron chi connectivity index (χ3n) is 4.01. The second kappa shape index (κ2) is 9.48. The summed E-state index contributed by atoms with van der Waals surface area (Å²) in [5.41, 5.74) is 3.06. The van der Waals surface area contributed by atoms with Crippen LogP contribution in [0.1, 0.15) is 21.5 Å². The zero-order valence-corrected chi connectivity index (χ0v) is 15.8. The molecule has 0 spiro atoms. The summed E-state index contributed by atoms with van der Waals surface area (Å²) in [5.74, 6) is 0.930. The fourth-order valence-corrected chi connectivity index (χ4v) is 2.69. The monoisotopic (exact) mass is 378 g/mol. The number of hydrogen-bond acceptors (Lipinski definition) is 6. The van der Waals surface area contributed by atoms with Gasteiger partial charge in [0.1, 0.15) is 11.6 Å². The predicted molar refractivity (Wildman–Crippen MR) is 107 cm³/mol. The molecule has 1 aromatic carbocycles. The Kier molecular flexibility index (Phi) is 6.54. The smallest absolute Gasteiger partial charge is 0.259 e. The van der Waals surface area contributed by atoms with Crippen LogP contribution in [-0.4, -0.2) is 30.1 Å². The van der Waals surface area contributed by atoms with Gasteiger partial charge in [-0.3, -0.25) is 9.78 Å². The molecule has 7 nitrogen and oxygen atoms in total. The Balaban J connectivity index is 1.72. The van der Waals surface area contributed by atoms with E-state index >= 15 is 0 Å². The summed E-state index contributed by atoms with van der Waals surface area (Å²) in [6.07, 6.45) is 5.02. The number of benzene rings is 1. The summed E-state index contributed by atoms with van der Waals surface area (Å²) in [6.45, 7) is 0.947. The normalized spacial score (nSPS) is 10.4. The molecule has 144 valence electrons. The van der Waals surface area contributed by atoms with Gasteiger partial charge in [-0.25, -0.2) is 4.98 Å². The molecule has 0 aliphatic rings. The Morgan fingerprint density at radius 1 is 1.07 bits per heavy atom. The van der Waals surface area contributed by atoms with Gasteiger partial charge in [-0.2, -0.15) is 0 Å². The van der Waals surface area contributed by atoms with Crippen LogP contribution in [0.5, 0.6) is 5.75 Å². The quantitative estimate of drug-likeness (QED) is 0.624. The first-order valence-corrected chi connectivity index (χ1v) is 8.75. The zero-order valence-electron chi connectivity index (χ0n) is 15.8. The van der Waals surface area contributed by atoms with Crippen molar-refractivity contribution >= 4 is 17.4 Å². The number of pyridine rings is 2. The van der Waals surface area contributed by atoms with E-state index in [4.69, 9.17) is 9.47 Å². The number of carbonyl (C=O) groups excluding carboxylic acids is 1. The molecule has 3 rings (SSSR count). The number of nitrogens with zero attached hydrogens (tertiary/aromatic N) is 2. The lowest BCUT2D eigenvalue weighted by molar-refractivity contribution is 0.102. The molecule has 0 bridgehead atoms. The van der Waals surface area contributed by atoms with Gasteiger partial charge in [0.25, 0.3) is 5.91 Å². The molecule has 2 N–H and O–H groups in total. The topological polar surface area (TPSA) is 85.4 Å². The van der Waals surface area contributed by atoms with Gasteiger partial charge < -0.3 is 20.1 Å². The Labute approximate surface area is 163 Å². The van der Waals surface area contributed by atoms with Crippen LogP contribution in [0.4, 0.5) is 11.5 Å². The minimum absolute atomic E-state index is 0.242. The van der Waals surface area contributed by atoms with E-state index in [2.05, 4.69) is 20.6 Å². The number of rotatable bonds is 8. The molecule has 1 amide bonds. The van der Waals surface area contributed by atoms with E-state index < -0.39 is 0 Å². The van der Waals surface area contributed by atoms with E-state index in [1.54, 1.807) is 44.9 Å². The second-order valence-corrected chi connectivity index (χ2v) is 6.07. The second-order valence-electron chi connectivity index (χ2n) is 6.07. The SMILES string of the molecule is COCc1cccc(NC(=O)c2cccnc2NCc2cncc(OC)c2)c1. The van der Waals surface area contributed by atoms with Crippen molar-refractivity contribution < 1.29 is 14.3 Å². The molecule has 2 heterocycles. The molecular weight excluding hydrogens is 356 g/mol. The molecule has 28 heavy (non-hydrogen) atoms. The van der Waals surface area contributed by atoms with Crippen LogP contribution in [-0.2, 0) is 17.9 Å². The maximum atomic E-state index is 12.8. The van der Waals surface area contributed by atoms with E-state index in [1.807, 2.05) is 30.3 Å². The Hall–Kier alpha value is -3.45. The van der Waals surface area contributed by atoms with Crippen LogP contribution in [0.25, 0.3) is 0 Å². The standard InChI is InChI=1S/C21H22N4O3/c1-27-14-15-5-3-6-17(9-15)25-21(26)19-7-4-8-23-20(19)24-12-16-10-18(28-2)13-22-11-16/h3-11,13H,12,14H2,1-2H3,(H,23,24)(H,25,26). The van der Waals surface area contributed by atoms with E-state index in [0.717, 1.165) is 11.1 Å². The lowest BCUT2D eigenvalue weighted by Gasteiger charge is -2.12. The van der Waals surface area contributed by atoms with Gasteiger partial charge in [0.2, 0.25) is 0 Å². The molecule has 0 aliphatic carbocycles. The fraction of sp³-hybridized carbons (Fsp3) is 0.190. The molecule has 0 fully saturated rings. The van der Waals surface area contributed by atoms with Crippen LogP contribution < -0.4 is 15.4 Å². The first kappa shape index (κ1) is 19.3. The molecule has 0 radical (unpaired) electrons. The minimum atomic E-state index is -0.242. The first-order valence-electron chi connectivity index (χ1n) is 8.75. The first-order chi connectivity index (χ1) is 13.7. The van der Waals surface area contributed by atoms with Gasteiger partial charge in [0.15, 0.2) is 0 Å². The minimum Gasteiger partial charge on any atom is -0.495 e. The lowest BCUT2D eigenvalue weighted by atomic mass is 10.2. The van der Waals surface area contributed by atoms with Crippen molar-refractivity contribution in [2.75, 3.05) is 24.9 Å². The van der Waals surface area contributed by atoms with Crippen LogP contribution in [0.2, 0.25) is 0 Å². The highest BCUT2D eigenvalue weighted by Crippen LogP contribution is 2.18. The van der Waals surface area contributed by atoms with Crippen molar-refractivity contribution in [2.24, 2.45) is 0 Å². The molecular formula is C21H22N4O3. The summed E-state index contributed by atoms with van der Waals surface area (Å²) in [5, 5.41) is 6.10. The summed E-state index contributed by atoms with van der Waals surface area (Å²) >= 11 is 0. The van der Waals surface area contributed by atoms with Gasteiger partial charge in [-0.15, -0.1) is 0 Å². The molecule has 0 saturated carbocycles. The van der Waals surface area contributed by atoms with Crippen LogP contribution in [0, 0.1) is 0 Å². The number of amides is 1. The number of methoxy groups -OCH3 is 2. The largest absolute Gasteiger partial charge is 0.495 e. The molecule has 7 heteroatoms. The van der Waals surface area contributed by atoms with Gasteiger partial charge in [0.05, 0.1) is 25.5 Å². The summed E-state index contributed by atoms with van der Waals surface area (Å²) < 4.78 is 10.3. The van der Waals surface area contributed by atoms with Crippen molar-refractivity contribution in [3.63, 3.8) is 0 Å². The fourth-order valence-electron chi connectivity index (χ4n) is 2.69. The molecule has 0 aliphatic heterocycles. The predicted octanol–water partition coefficient (Wildman–Crippen LogP) is 3.50. The lowest BCUT2D eigenvalue weighted by Crippen LogP contribution is -2.16. The third-order valence-corrected chi connectivity index (χ3v) is 4.01. The van der Waals surface area contributed by atoms with Gasteiger partial charge in [0, 0.05) is 31.7 Å². The molecule has 2 aromatic heterocycles. The number of hydrogen-bond donors (Lipinski definition) is 2. The maximum Gasteiger partial charge on any atom is 0.259 e. The molecule has 0 atom stereocenters. The van der Waals surface area contributed by atoms with E-state index in [9.17, 15) is 4.79 Å². The number of ether oxygens (including phenoxy) is 2. The van der Waals surface area contributed by atoms with Gasteiger partial charge in [-0.05, 0) is 41.5 Å². The Bertz CT molecular complexity index is 946. The highest BCUT2D eigenvalue weighted by Gasteiger charge is 2.13. The third kappa shape index (κ3) is 5.05. The number of anilines is 2. The average Bonchev–Trinajstić information content (AvgIpc) is 2.73. The maximum absolute atomic E-state index is 12.8. The van der Waals surface area contributed by atoms with Crippen molar-refractivity contribution in [3.05, 3.63) is 77.7 Å². The molecule has 3 aromatic rings. The van der Waals surface area contributed by atoms with Crippen LogP contribution >= 0.6 is 0 Å². The number of carbonyl (C=O) groups is 1. The highest BCUT2D eigenvalue weighted by molar-refractivity contribution is 6.07. The highest BCUT2D eigenvalue weighted by atomic mass is 16.5. The summed E-state index contributed by atoms with van der Waals surface area (Å²) in [7, 11) is 3.23. The van der Waals surface area contributed by atoms with Crippen molar-refractivity contribution in [1.29, 1.82) is 0 Å².